The fraction of sp³-hybridized carbons (Fsp3) is 0.333. The molecule has 0 aliphatic rings. The van der Waals surface area contributed by atoms with E-state index in [4.69, 9.17) is 4.74 Å². The summed E-state index contributed by atoms with van der Waals surface area (Å²) in [5, 5.41) is 22.3. The SMILES string of the molecule is O=C(NCCC(O)C(O)c1cccc(C(F)(F)F)n1)OCc1ccccc1. The van der Waals surface area contributed by atoms with E-state index in [-0.39, 0.29) is 25.3 Å². The summed E-state index contributed by atoms with van der Waals surface area (Å²) in [5.41, 5.74) is -0.656. The lowest BCUT2D eigenvalue weighted by molar-refractivity contribution is -0.141. The third kappa shape index (κ3) is 6.54. The van der Waals surface area contributed by atoms with Gasteiger partial charge in [0.15, 0.2) is 0 Å². The van der Waals surface area contributed by atoms with Gasteiger partial charge in [-0.05, 0) is 24.1 Å². The Morgan fingerprint density at radius 1 is 1.11 bits per heavy atom. The van der Waals surface area contributed by atoms with Gasteiger partial charge in [-0.2, -0.15) is 13.2 Å². The van der Waals surface area contributed by atoms with Gasteiger partial charge in [-0.1, -0.05) is 36.4 Å². The van der Waals surface area contributed by atoms with Gasteiger partial charge in [-0.15, -0.1) is 0 Å². The molecular formula is C18H19F3N2O4. The Labute approximate surface area is 153 Å². The molecule has 0 bridgehead atoms. The number of alkyl halides is 3. The first-order valence-corrected chi connectivity index (χ1v) is 8.12. The Morgan fingerprint density at radius 2 is 1.81 bits per heavy atom. The summed E-state index contributed by atoms with van der Waals surface area (Å²) in [6, 6.07) is 12.1. The number of halogens is 3. The number of benzene rings is 1. The summed E-state index contributed by atoms with van der Waals surface area (Å²) in [5.74, 6) is 0. The van der Waals surface area contributed by atoms with E-state index < -0.39 is 30.2 Å². The van der Waals surface area contributed by atoms with Gasteiger partial charge in [-0.25, -0.2) is 9.78 Å². The molecule has 0 aliphatic heterocycles. The largest absolute Gasteiger partial charge is 0.445 e. The molecule has 1 aromatic heterocycles. The molecule has 27 heavy (non-hydrogen) atoms. The number of hydrogen-bond acceptors (Lipinski definition) is 5. The van der Waals surface area contributed by atoms with Gasteiger partial charge in [0.05, 0.1) is 11.8 Å². The standard InChI is InChI=1S/C18H19F3N2O4/c19-18(20,21)15-8-4-7-13(23-15)16(25)14(24)9-10-22-17(26)27-11-12-5-2-1-3-6-12/h1-8,14,16,24-25H,9-11H2,(H,22,26). The fourth-order valence-electron chi connectivity index (χ4n) is 2.23. The summed E-state index contributed by atoms with van der Waals surface area (Å²) in [6.45, 7) is 0.0385. The van der Waals surface area contributed by atoms with Crippen molar-refractivity contribution in [1.29, 1.82) is 0 Å². The Morgan fingerprint density at radius 3 is 2.48 bits per heavy atom. The maximum atomic E-state index is 12.7. The second kappa shape index (κ2) is 9.33. The van der Waals surface area contributed by atoms with Crippen molar-refractivity contribution in [1.82, 2.24) is 10.3 Å². The van der Waals surface area contributed by atoms with Crippen LogP contribution < -0.4 is 5.32 Å². The third-order valence-electron chi connectivity index (χ3n) is 3.65. The highest BCUT2D eigenvalue weighted by Gasteiger charge is 2.33. The number of nitrogens with zero attached hydrogens (tertiary/aromatic N) is 1. The van der Waals surface area contributed by atoms with Crippen LogP contribution in [0.4, 0.5) is 18.0 Å². The molecule has 1 amide bonds. The van der Waals surface area contributed by atoms with E-state index in [0.29, 0.717) is 0 Å². The van der Waals surface area contributed by atoms with Gasteiger partial charge in [0.2, 0.25) is 0 Å². The van der Waals surface area contributed by atoms with Crippen molar-refractivity contribution in [2.45, 2.75) is 31.4 Å². The smallest absolute Gasteiger partial charge is 0.433 e. The van der Waals surface area contributed by atoms with Crippen molar-refractivity contribution >= 4 is 6.09 Å². The molecule has 0 fully saturated rings. The highest BCUT2D eigenvalue weighted by atomic mass is 19.4. The van der Waals surface area contributed by atoms with Crippen LogP contribution in [0.3, 0.4) is 0 Å². The molecule has 2 atom stereocenters. The molecule has 0 spiro atoms. The predicted molar refractivity (Wildman–Crippen MR) is 89.5 cm³/mol. The van der Waals surface area contributed by atoms with E-state index in [1.54, 1.807) is 24.3 Å². The molecule has 0 saturated heterocycles. The lowest BCUT2D eigenvalue weighted by Crippen LogP contribution is -2.30. The number of carbonyl (C=O) groups excluding carboxylic acids is 1. The summed E-state index contributed by atoms with van der Waals surface area (Å²) in [7, 11) is 0. The van der Waals surface area contributed by atoms with E-state index in [1.165, 1.54) is 6.07 Å². The van der Waals surface area contributed by atoms with Crippen LogP contribution in [-0.4, -0.2) is 33.9 Å². The van der Waals surface area contributed by atoms with Crippen molar-refractivity contribution in [2.75, 3.05) is 6.54 Å². The second-order valence-electron chi connectivity index (χ2n) is 5.73. The zero-order valence-corrected chi connectivity index (χ0v) is 14.2. The van der Waals surface area contributed by atoms with Crippen LogP contribution in [0.25, 0.3) is 0 Å². The number of carbonyl (C=O) groups is 1. The van der Waals surface area contributed by atoms with E-state index in [0.717, 1.165) is 17.7 Å². The highest BCUT2D eigenvalue weighted by Crippen LogP contribution is 2.28. The van der Waals surface area contributed by atoms with E-state index in [2.05, 4.69) is 10.3 Å². The number of rotatable bonds is 7. The maximum absolute atomic E-state index is 12.7. The molecule has 3 N–H and O–H groups in total. The van der Waals surface area contributed by atoms with E-state index >= 15 is 0 Å². The number of aliphatic hydroxyl groups excluding tert-OH is 2. The first-order valence-electron chi connectivity index (χ1n) is 8.12. The quantitative estimate of drug-likeness (QED) is 0.683. The normalized spacial score (nSPS) is 13.7. The molecule has 0 radical (unpaired) electrons. The fourth-order valence-corrected chi connectivity index (χ4v) is 2.23. The van der Waals surface area contributed by atoms with Crippen LogP contribution >= 0.6 is 0 Å². The monoisotopic (exact) mass is 384 g/mol. The molecule has 2 rings (SSSR count). The third-order valence-corrected chi connectivity index (χ3v) is 3.65. The van der Waals surface area contributed by atoms with Gasteiger partial charge < -0.3 is 20.3 Å². The Kier molecular flexibility index (Phi) is 7.14. The number of hydrogen-bond donors (Lipinski definition) is 3. The zero-order valence-electron chi connectivity index (χ0n) is 14.2. The summed E-state index contributed by atoms with van der Waals surface area (Å²) < 4.78 is 42.9. The van der Waals surface area contributed by atoms with E-state index in [9.17, 15) is 28.2 Å². The predicted octanol–water partition coefficient (Wildman–Crippen LogP) is 2.81. The molecule has 9 heteroatoms. The minimum Gasteiger partial charge on any atom is -0.445 e. The minimum absolute atomic E-state index is 0.0369. The molecule has 2 unspecified atom stereocenters. The molecule has 2 aromatic rings. The van der Waals surface area contributed by atoms with Gasteiger partial charge in [0, 0.05) is 6.54 Å². The van der Waals surface area contributed by atoms with Crippen molar-refractivity contribution in [3.05, 3.63) is 65.5 Å². The van der Waals surface area contributed by atoms with Gasteiger partial charge in [0.1, 0.15) is 18.4 Å². The summed E-state index contributed by atoms with van der Waals surface area (Å²) in [4.78, 5) is 14.9. The van der Waals surface area contributed by atoms with Gasteiger partial charge in [0.25, 0.3) is 0 Å². The first kappa shape index (κ1) is 20.7. The van der Waals surface area contributed by atoms with Crippen LogP contribution in [0.5, 0.6) is 0 Å². The summed E-state index contributed by atoms with van der Waals surface area (Å²) in [6.07, 6.45) is -8.48. The molecular weight excluding hydrogens is 365 g/mol. The zero-order chi connectivity index (χ0) is 19.9. The molecule has 0 aliphatic carbocycles. The number of ether oxygens (including phenoxy) is 1. The molecule has 1 heterocycles. The number of alkyl carbamates (subject to hydrolysis) is 1. The molecule has 0 saturated carbocycles. The number of amides is 1. The van der Waals surface area contributed by atoms with Gasteiger partial charge >= 0.3 is 12.3 Å². The Bertz CT molecular complexity index is 741. The van der Waals surface area contributed by atoms with Crippen molar-refractivity contribution in [3.63, 3.8) is 0 Å². The number of nitrogens with one attached hydrogen (secondary N) is 1. The molecule has 1 aromatic carbocycles. The number of aliphatic hydroxyl groups is 2. The van der Waals surface area contributed by atoms with Crippen LogP contribution in [0.15, 0.2) is 48.5 Å². The van der Waals surface area contributed by atoms with Crippen molar-refractivity contribution < 1.29 is 32.9 Å². The van der Waals surface area contributed by atoms with Crippen LogP contribution in [0.1, 0.15) is 29.5 Å². The minimum atomic E-state index is -4.65. The van der Waals surface area contributed by atoms with Gasteiger partial charge in [-0.3, -0.25) is 0 Å². The highest BCUT2D eigenvalue weighted by molar-refractivity contribution is 5.67. The maximum Gasteiger partial charge on any atom is 0.433 e. The average Bonchev–Trinajstić information content (AvgIpc) is 2.66. The van der Waals surface area contributed by atoms with Crippen molar-refractivity contribution in [3.8, 4) is 0 Å². The Balaban J connectivity index is 1.78. The van der Waals surface area contributed by atoms with Crippen LogP contribution in [0.2, 0.25) is 0 Å². The van der Waals surface area contributed by atoms with Crippen molar-refractivity contribution in [2.24, 2.45) is 0 Å². The van der Waals surface area contributed by atoms with Crippen LogP contribution in [-0.2, 0) is 17.5 Å². The number of aromatic nitrogens is 1. The number of pyridine rings is 1. The van der Waals surface area contributed by atoms with Crippen LogP contribution in [0, 0.1) is 0 Å². The Hall–Kier alpha value is -2.65. The van der Waals surface area contributed by atoms with E-state index in [1.807, 2.05) is 6.07 Å². The average molecular weight is 384 g/mol. The lowest BCUT2D eigenvalue weighted by atomic mass is 10.1. The topological polar surface area (TPSA) is 91.7 Å². The first-order chi connectivity index (χ1) is 12.8. The molecule has 146 valence electrons. The summed E-state index contributed by atoms with van der Waals surface area (Å²) >= 11 is 0. The molecule has 6 nitrogen and oxygen atoms in total. The lowest BCUT2D eigenvalue weighted by Gasteiger charge is -2.18. The second-order valence-corrected chi connectivity index (χ2v) is 5.73.